The summed E-state index contributed by atoms with van der Waals surface area (Å²) < 4.78 is 20.5. The molecule has 0 spiro atoms. The Morgan fingerprint density at radius 2 is 1.68 bits per heavy atom. The van der Waals surface area contributed by atoms with Crippen molar-refractivity contribution in [3.8, 4) is 5.75 Å². The summed E-state index contributed by atoms with van der Waals surface area (Å²) in [7, 11) is 0. The molecule has 37 heavy (non-hydrogen) atoms. The molecule has 2 aliphatic carbocycles. The van der Waals surface area contributed by atoms with E-state index < -0.39 is 11.5 Å². The second kappa shape index (κ2) is 11.7. The van der Waals surface area contributed by atoms with E-state index in [1.54, 1.807) is 18.2 Å². The van der Waals surface area contributed by atoms with Crippen LogP contribution < -0.4 is 20.7 Å². The van der Waals surface area contributed by atoms with Crippen molar-refractivity contribution in [2.75, 3.05) is 17.2 Å². The van der Waals surface area contributed by atoms with E-state index in [4.69, 9.17) is 27.9 Å². The number of hydrogen-bond acceptors (Lipinski definition) is 4. The lowest BCUT2D eigenvalue weighted by Gasteiger charge is -2.43. The Labute approximate surface area is 228 Å². The maximum absolute atomic E-state index is 14.4. The van der Waals surface area contributed by atoms with E-state index >= 15 is 0 Å². The number of rotatable bonds is 8. The normalized spacial score (nSPS) is 23.0. The van der Waals surface area contributed by atoms with Crippen molar-refractivity contribution in [3.63, 3.8) is 0 Å². The molecule has 1 amide bonds. The minimum absolute atomic E-state index is 0.0555. The van der Waals surface area contributed by atoms with Gasteiger partial charge in [-0.2, -0.15) is 0 Å². The molecule has 3 N–H and O–H groups in total. The molecule has 8 heteroatoms. The van der Waals surface area contributed by atoms with Gasteiger partial charge in [-0.3, -0.25) is 4.79 Å². The zero-order valence-electron chi connectivity index (χ0n) is 21.1. The number of carbonyl (C=O) groups is 1. The van der Waals surface area contributed by atoms with Crippen LogP contribution in [0.3, 0.4) is 0 Å². The standard InChI is InChI=1S/C29H36Cl2FN3O2/c30-20-10-7-13-22(16-20)37-15-14-29(34-25-17-23(31)24(32)18-26(25)35-29)27(19-8-3-1-4-9-19)28(36)33-21-11-5-2-6-12-21/h7,10,13,16-19,21,27,34-35H,1-6,8-9,11-12,14-15H2,(H,33,36). The van der Waals surface area contributed by atoms with Crippen molar-refractivity contribution in [1.82, 2.24) is 5.32 Å². The molecule has 1 aliphatic heterocycles. The van der Waals surface area contributed by atoms with E-state index in [1.165, 1.54) is 18.9 Å². The first-order valence-corrected chi connectivity index (χ1v) is 14.4. The summed E-state index contributed by atoms with van der Waals surface area (Å²) in [5, 5.41) is 11.2. The van der Waals surface area contributed by atoms with Crippen molar-refractivity contribution >= 4 is 40.5 Å². The van der Waals surface area contributed by atoms with Crippen LogP contribution in [0.2, 0.25) is 10.0 Å². The summed E-state index contributed by atoms with van der Waals surface area (Å²) in [5.41, 5.74) is 0.495. The summed E-state index contributed by atoms with van der Waals surface area (Å²) in [6.45, 7) is 0.352. The van der Waals surface area contributed by atoms with Gasteiger partial charge < -0.3 is 20.7 Å². The first-order valence-electron chi connectivity index (χ1n) is 13.7. The molecule has 200 valence electrons. The molecule has 2 saturated carbocycles. The number of benzene rings is 2. The predicted molar refractivity (Wildman–Crippen MR) is 148 cm³/mol. The molecule has 2 fully saturated rings. The molecule has 1 heterocycles. The van der Waals surface area contributed by atoms with Crippen LogP contribution in [-0.2, 0) is 4.79 Å². The minimum Gasteiger partial charge on any atom is -0.493 e. The maximum Gasteiger partial charge on any atom is 0.227 e. The van der Waals surface area contributed by atoms with Crippen molar-refractivity contribution in [2.24, 2.45) is 11.8 Å². The number of amides is 1. The number of halogens is 3. The van der Waals surface area contributed by atoms with Gasteiger partial charge in [0.25, 0.3) is 0 Å². The largest absolute Gasteiger partial charge is 0.493 e. The summed E-state index contributed by atoms with van der Waals surface area (Å²) in [6.07, 6.45) is 11.5. The van der Waals surface area contributed by atoms with E-state index in [2.05, 4.69) is 16.0 Å². The molecule has 0 bridgehead atoms. The van der Waals surface area contributed by atoms with Crippen LogP contribution in [0.15, 0.2) is 36.4 Å². The smallest absolute Gasteiger partial charge is 0.227 e. The van der Waals surface area contributed by atoms with Crippen LogP contribution in [0.1, 0.15) is 70.6 Å². The molecule has 2 atom stereocenters. The fourth-order valence-corrected chi connectivity index (χ4v) is 6.78. The van der Waals surface area contributed by atoms with Gasteiger partial charge in [-0.25, -0.2) is 4.39 Å². The van der Waals surface area contributed by atoms with Gasteiger partial charge in [0.15, 0.2) is 0 Å². The van der Waals surface area contributed by atoms with Gasteiger partial charge in [0.1, 0.15) is 17.2 Å². The number of nitrogens with one attached hydrogen (secondary N) is 3. The summed E-state index contributed by atoms with van der Waals surface area (Å²) in [4.78, 5) is 14.1. The Morgan fingerprint density at radius 3 is 2.38 bits per heavy atom. The van der Waals surface area contributed by atoms with Gasteiger partial charge in [0.05, 0.1) is 28.9 Å². The van der Waals surface area contributed by atoms with Crippen LogP contribution in [-0.4, -0.2) is 24.2 Å². The molecule has 0 radical (unpaired) electrons. The molecular formula is C29H36Cl2FN3O2. The molecule has 0 saturated heterocycles. The van der Waals surface area contributed by atoms with Crippen molar-refractivity contribution < 1.29 is 13.9 Å². The van der Waals surface area contributed by atoms with Gasteiger partial charge in [-0.15, -0.1) is 0 Å². The SMILES string of the molecule is O=C(NC1CCCCC1)C(C1CCCCC1)C1(CCOc2cccc(Cl)c2)Nc2cc(F)c(Cl)cc2N1. The fourth-order valence-electron chi connectivity index (χ4n) is 6.43. The van der Waals surface area contributed by atoms with E-state index in [9.17, 15) is 9.18 Å². The quantitative estimate of drug-likeness (QED) is 0.315. The van der Waals surface area contributed by atoms with Crippen LogP contribution in [0, 0.1) is 17.7 Å². The zero-order chi connectivity index (χ0) is 25.8. The van der Waals surface area contributed by atoms with Gasteiger partial charge in [0.2, 0.25) is 5.91 Å². The highest BCUT2D eigenvalue weighted by Gasteiger charge is 2.51. The lowest BCUT2D eigenvalue weighted by Crippen LogP contribution is -2.59. The van der Waals surface area contributed by atoms with Crippen LogP contribution in [0.4, 0.5) is 15.8 Å². The van der Waals surface area contributed by atoms with E-state index in [-0.39, 0.29) is 28.8 Å². The third-order valence-electron chi connectivity index (χ3n) is 8.22. The van der Waals surface area contributed by atoms with Crippen LogP contribution in [0.5, 0.6) is 5.75 Å². The number of fused-ring (bicyclic) bond motifs is 1. The van der Waals surface area contributed by atoms with E-state index in [1.807, 2.05) is 12.1 Å². The average molecular weight is 549 g/mol. The molecule has 5 rings (SSSR count). The Hall–Kier alpha value is -2.18. The van der Waals surface area contributed by atoms with Crippen molar-refractivity contribution in [3.05, 3.63) is 52.3 Å². The van der Waals surface area contributed by atoms with Crippen molar-refractivity contribution in [2.45, 2.75) is 82.3 Å². The Morgan fingerprint density at radius 1 is 1.00 bits per heavy atom. The average Bonchev–Trinajstić information content (AvgIpc) is 3.23. The van der Waals surface area contributed by atoms with Gasteiger partial charge in [-0.05, 0) is 55.9 Å². The lowest BCUT2D eigenvalue weighted by atomic mass is 9.72. The fraction of sp³-hybridized carbons (Fsp3) is 0.552. The number of ether oxygens (including phenoxy) is 1. The van der Waals surface area contributed by atoms with Crippen molar-refractivity contribution in [1.29, 1.82) is 0 Å². The highest BCUT2D eigenvalue weighted by Crippen LogP contribution is 2.46. The number of anilines is 2. The van der Waals surface area contributed by atoms with Gasteiger partial charge in [0, 0.05) is 23.6 Å². The molecule has 5 nitrogen and oxygen atoms in total. The second-order valence-electron chi connectivity index (χ2n) is 10.8. The molecular weight excluding hydrogens is 512 g/mol. The lowest BCUT2D eigenvalue weighted by molar-refractivity contribution is -0.130. The second-order valence-corrected chi connectivity index (χ2v) is 11.7. The topological polar surface area (TPSA) is 62.4 Å². The third-order valence-corrected chi connectivity index (χ3v) is 8.75. The maximum atomic E-state index is 14.4. The number of hydrogen-bond donors (Lipinski definition) is 3. The molecule has 0 aromatic heterocycles. The first kappa shape index (κ1) is 26.4. The summed E-state index contributed by atoms with van der Waals surface area (Å²) >= 11 is 12.3. The van der Waals surface area contributed by atoms with Crippen LogP contribution in [0.25, 0.3) is 0 Å². The first-order chi connectivity index (χ1) is 17.9. The van der Waals surface area contributed by atoms with E-state index in [0.717, 1.165) is 51.4 Å². The molecule has 2 unspecified atom stereocenters. The highest BCUT2D eigenvalue weighted by molar-refractivity contribution is 6.31. The third kappa shape index (κ3) is 6.12. The minimum atomic E-state index is -0.835. The molecule has 2 aromatic rings. The monoisotopic (exact) mass is 547 g/mol. The molecule has 3 aliphatic rings. The predicted octanol–water partition coefficient (Wildman–Crippen LogP) is 7.78. The molecule has 2 aromatic carbocycles. The van der Waals surface area contributed by atoms with E-state index in [0.29, 0.717) is 35.2 Å². The number of carbonyl (C=O) groups excluding carboxylic acids is 1. The Kier molecular flexibility index (Phi) is 8.35. The zero-order valence-corrected chi connectivity index (χ0v) is 22.6. The highest BCUT2D eigenvalue weighted by atomic mass is 35.5. The van der Waals surface area contributed by atoms with Crippen LogP contribution >= 0.6 is 23.2 Å². The van der Waals surface area contributed by atoms with Gasteiger partial charge >= 0.3 is 0 Å². The van der Waals surface area contributed by atoms with Gasteiger partial charge in [-0.1, -0.05) is 67.8 Å². The Balaban J connectivity index is 1.45. The Bertz CT molecular complexity index is 1070. The summed E-state index contributed by atoms with van der Waals surface area (Å²) in [5.74, 6) is 0.112. The summed E-state index contributed by atoms with van der Waals surface area (Å²) in [6, 6.07) is 10.5.